The summed E-state index contributed by atoms with van der Waals surface area (Å²) in [6.45, 7) is 5.89. The van der Waals surface area contributed by atoms with Gasteiger partial charge in [0.05, 0.1) is 24.3 Å². The predicted molar refractivity (Wildman–Crippen MR) is 116 cm³/mol. The highest BCUT2D eigenvalue weighted by Crippen LogP contribution is 2.26. The maximum absolute atomic E-state index is 13.4. The van der Waals surface area contributed by atoms with Crippen LogP contribution in [0.2, 0.25) is 5.02 Å². The number of anilines is 1. The van der Waals surface area contributed by atoms with Crippen molar-refractivity contribution in [2.75, 3.05) is 11.9 Å². The Morgan fingerprint density at radius 3 is 2.55 bits per heavy atom. The zero-order valence-corrected chi connectivity index (χ0v) is 18.5. The van der Waals surface area contributed by atoms with Crippen LogP contribution in [0.1, 0.15) is 32.8 Å². The number of carbonyl (C=O) groups excluding carboxylic acids is 2. The SMILES string of the molecule is CC(C)(C)OC(=O)N1C[C@@H](OCc2ccccc2)C[C@H]1C(=O)Nc1ccc(F)c(Cl)c1. The third-order valence-corrected chi connectivity index (χ3v) is 5.00. The van der Waals surface area contributed by atoms with E-state index >= 15 is 0 Å². The Morgan fingerprint density at radius 1 is 1.19 bits per heavy atom. The molecule has 6 nitrogen and oxygen atoms in total. The molecule has 2 aromatic rings. The molecular weight excluding hydrogens is 423 g/mol. The van der Waals surface area contributed by atoms with Crippen molar-refractivity contribution in [1.29, 1.82) is 0 Å². The monoisotopic (exact) mass is 448 g/mol. The van der Waals surface area contributed by atoms with E-state index in [4.69, 9.17) is 21.1 Å². The number of amides is 2. The maximum atomic E-state index is 13.4. The zero-order valence-electron chi connectivity index (χ0n) is 17.7. The topological polar surface area (TPSA) is 67.9 Å². The Bertz CT molecular complexity index is 933. The predicted octanol–water partition coefficient (Wildman–Crippen LogP) is 5.01. The molecule has 0 radical (unpaired) electrons. The van der Waals surface area contributed by atoms with Gasteiger partial charge in [-0.25, -0.2) is 9.18 Å². The van der Waals surface area contributed by atoms with Crippen LogP contribution in [-0.4, -0.2) is 41.2 Å². The molecular formula is C23H26ClFN2O4. The second-order valence-electron chi connectivity index (χ2n) is 8.42. The molecule has 2 aromatic carbocycles. The van der Waals surface area contributed by atoms with Crippen LogP contribution < -0.4 is 5.32 Å². The second-order valence-corrected chi connectivity index (χ2v) is 8.83. The first-order valence-corrected chi connectivity index (χ1v) is 10.4. The van der Waals surface area contributed by atoms with Crippen LogP contribution >= 0.6 is 11.6 Å². The number of halogens is 2. The Morgan fingerprint density at radius 2 is 1.90 bits per heavy atom. The lowest BCUT2D eigenvalue weighted by atomic mass is 10.1. The number of ether oxygens (including phenoxy) is 2. The zero-order chi connectivity index (χ0) is 22.6. The molecule has 1 N–H and O–H groups in total. The van der Waals surface area contributed by atoms with E-state index in [2.05, 4.69) is 5.32 Å². The van der Waals surface area contributed by atoms with E-state index in [0.717, 1.165) is 5.56 Å². The molecule has 2 amide bonds. The summed E-state index contributed by atoms with van der Waals surface area (Å²) >= 11 is 5.80. The van der Waals surface area contributed by atoms with Crippen molar-refractivity contribution in [3.05, 3.63) is 64.9 Å². The van der Waals surface area contributed by atoms with Crippen molar-refractivity contribution in [3.8, 4) is 0 Å². The van der Waals surface area contributed by atoms with Crippen LogP contribution in [0.25, 0.3) is 0 Å². The molecule has 0 unspecified atom stereocenters. The minimum absolute atomic E-state index is 0.0997. The lowest BCUT2D eigenvalue weighted by Crippen LogP contribution is -2.45. The molecule has 0 saturated carbocycles. The standard InChI is InChI=1S/C23H26ClFN2O4/c1-23(2,3)31-22(29)27-13-17(30-14-15-7-5-4-6-8-15)12-20(27)21(28)26-16-9-10-19(25)18(24)11-16/h4-11,17,20H,12-14H2,1-3H3,(H,26,28)/t17-,20-/m0/s1. The van der Waals surface area contributed by atoms with Gasteiger partial charge in [0.2, 0.25) is 5.91 Å². The number of hydrogen-bond donors (Lipinski definition) is 1. The number of nitrogens with zero attached hydrogens (tertiary/aromatic N) is 1. The van der Waals surface area contributed by atoms with Crippen LogP contribution in [0.15, 0.2) is 48.5 Å². The number of hydrogen-bond acceptors (Lipinski definition) is 4. The number of benzene rings is 2. The summed E-state index contributed by atoms with van der Waals surface area (Å²) in [5.41, 5.74) is 0.639. The molecule has 8 heteroatoms. The summed E-state index contributed by atoms with van der Waals surface area (Å²) in [6, 6.07) is 12.8. The van der Waals surface area contributed by atoms with Gasteiger partial charge in [-0.15, -0.1) is 0 Å². The van der Waals surface area contributed by atoms with Crippen LogP contribution in [0.5, 0.6) is 0 Å². The number of carbonyl (C=O) groups is 2. The molecule has 31 heavy (non-hydrogen) atoms. The van der Waals surface area contributed by atoms with E-state index in [1.54, 1.807) is 20.8 Å². The molecule has 0 aliphatic carbocycles. The van der Waals surface area contributed by atoms with E-state index in [1.807, 2.05) is 30.3 Å². The summed E-state index contributed by atoms with van der Waals surface area (Å²) in [4.78, 5) is 27.1. The van der Waals surface area contributed by atoms with Crippen LogP contribution in [0.4, 0.5) is 14.9 Å². The van der Waals surface area contributed by atoms with Crippen molar-refractivity contribution in [3.63, 3.8) is 0 Å². The lowest BCUT2D eigenvalue weighted by Gasteiger charge is -2.27. The molecule has 3 rings (SSSR count). The Balaban J connectivity index is 1.72. The van der Waals surface area contributed by atoms with E-state index in [0.29, 0.717) is 18.7 Å². The van der Waals surface area contributed by atoms with Gasteiger partial charge in [-0.3, -0.25) is 9.69 Å². The summed E-state index contributed by atoms with van der Waals surface area (Å²) in [7, 11) is 0. The largest absolute Gasteiger partial charge is 0.444 e. The van der Waals surface area contributed by atoms with E-state index in [9.17, 15) is 14.0 Å². The van der Waals surface area contributed by atoms with Crippen molar-refractivity contribution in [1.82, 2.24) is 4.90 Å². The number of likely N-dealkylation sites (tertiary alicyclic amines) is 1. The van der Waals surface area contributed by atoms with E-state index in [-0.39, 0.29) is 17.7 Å². The highest BCUT2D eigenvalue weighted by atomic mass is 35.5. The van der Waals surface area contributed by atoms with Crippen molar-refractivity contribution in [2.45, 2.75) is 51.5 Å². The quantitative estimate of drug-likeness (QED) is 0.698. The fraction of sp³-hybridized carbons (Fsp3) is 0.391. The summed E-state index contributed by atoms with van der Waals surface area (Å²) in [5, 5.41) is 2.60. The molecule has 1 heterocycles. The van der Waals surface area contributed by atoms with Gasteiger partial charge in [0.15, 0.2) is 0 Å². The normalized spacial score (nSPS) is 18.7. The molecule has 1 fully saturated rings. The summed E-state index contributed by atoms with van der Waals surface area (Å²) in [6.07, 6.45) is -0.608. The molecule has 0 spiro atoms. The minimum Gasteiger partial charge on any atom is -0.444 e. The van der Waals surface area contributed by atoms with Crippen molar-refractivity contribution in [2.24, 2.45) is 0 Å². The summed E-state index contributed by atoms with van der Waals surface area (Å²) in [5.74, 6) is -0.996. The van der Waals surface area contributed by atoms with Gasteiger partial charge in [-0.05, 0) is 44.5 Å². The van der Waals surface area contributed by atoms with Gasteiger partial charge in [0.25, 0.3) is 0 Å². The van der Waals surface area contributed by atoms with E-state index in [1.165, 1.54) is 23.1 Å². The van der Waals surface area contributed by atoms with Crippen molar-refractivity contribution >= 4 is 29.3 Å². The third kappa shape index (κ3) is 6.42. The second kappa shape index (κ2) is 9.66. The smallest absolute Gasteiger partial charge is 0.411 e. The van der Waals surface area contributed by atoms with Gasteiger partial charge in [-0.1, -0.05) is 41.9 Å². The minimum atomic E-state index is -0.792. The van der Waals surface area contributed by atoms with Crippen LogP contribution in [-0.2, 0) is 20.9 Å². The molecule has 1 saturated heterocycles. The van der Waals surface area contributed by atoms with Crippen LogP contribution in [0, 0.1) is 5.82 Å². The summed E-state index contributed by atoms with van der Waals surface area (Å²) < 4.78 is 24.9. The van der Waals surface area contributed by atoms with Gasteiger partial charge >= 0.3 is 6.09 Å². The maximum Gasteiger partial charge on any atom is 0.411 e. The molecule has 1 aliphatic heterocycles. The average Bonchev–Trinajstić information content (AvgIpc) is 3.13. The fourth-order valence-electron chi connectivity index (χ4n) is 3.28. The molecule has 166 valence electrons. The molecule has 1 aliphatic rings. The van der Waals surface area contributed by atoms with Gasteiger partial charge < -0.3 is 14.8 Å². The molecule has 0 aromatic heterocycles. The van der Waals surface area contributed by atoms with Gasteiger partial charge in [0.1, 0.15) is 17.5 Å². The highest BCUT2D eigenvalue weighted by Gasteiger charge is 2.42. The Kier molecular flexibility index (Phi) is 7.18. The number of rotatable bonds is 5. The van der Waals surface area contributed by atoms with Crippen LogP contribution in [0.3, 0.4) is 0 Å². The van der Waals surface area contributed by atoms with Gasteiger partial charge in [-0.2, -0.15) is 0 Å². The van der Waals surface area contributed by atoms with E-state index < -0.39 is 29.5 Å². The Hall–Kier alpha value is -2.64. The number of nitrogens with one attached hydrogen (secondary N) is 1. The highest BCUT2D eigenvalue weighted by molar-refractivity contribution is 6.31. The first-order valence-electron chi connectivity index (χ1n) is 10.0. The lowest BCUT2D eigenvalue weighted by molar-refractivity contribution is -0.120. The molecule has 2 atom stereocenters. The van der Waals surface area contributed by atoms with Crippen molar-refractivity contribution < 1.29 is 23.5 Å². The third-order valence-electron chi connectivity index (χ3n) is 4.71. The van der Waals surface area contributed by atoms with Gasteiger partial charge in [0, 0.05) is 12.1 Å². The Labute approximate surface area is 186 Å². The average molecular weight is 449 g/mol. The molecule has 0 bridgehead atoms. The first kappa shape index (κ1) is 23.0. The first-order chi connectivity index (χ1) is 14.6. The fourth-order valence-corrected chi connectivity index (χ4v) is 3.46.